The van der Waals surface area contributed by atoms with E-state index in [1.165, 1.54) is 38.6 Å². The first-order chi connectivity index (χ1) is 8.24. The van der Waals surface area contributed by atoms with Crippen molar-refractivity contribution in [1.82, 2.24) is 4.90 Å². The number of rotatable bonds is 3. The SMILES string of the molecule is CCC(C)N1CCCCC1C1CCCCC1=O. The second kappa shape index (κ2) is 5.99. The van der Waals surface area contributed by atoms with Crippen LogP contribution in [0.2, 0.25) is 0 Å². The quantitative estimate of drug-likeness (QED) is 0.750. The van der Waals surface area contributed by atoms with Crippen molar-refractivity contribution in [3.05, 3.63) is 0 Å². The first kappa shape index (κ1) is 13.1. The number of piperidine rings is 1. The molecule has 2 nitrogen and oxygen atoms in total. The number of likely N-dealkylation sites (tertiary alicyclic amines) is 1. The van der Waals surface area contributed by atoms with Gasteiger partial charge in [0.1, 0.15) is 5.78 Å². The summed E-state index contributed by atoms with van der Waals surface area (Å²) >= 11 is 0. The highest BCUT2D eigenvalue weighted by Gasteiger charge is 2.36. The molecule has 0 bridgehead atoms. The number of Topliss-reactive ketones (excluding diaryl/α,β-unsaturated/α-hetero) is 1. The van der Waals surface area contributed by atoms with Crippen molar-refractivity contribution in [2.24, 2.45) is 5.92 Å². The van der Waals surface area contributed by atoms with E-state index in [0.29, 0.717) is 23.8 Å². The summed E-state index contributed by atoms with van der Waals surface area (Å²) in [6.07, 6.45) is 9.49. The van der Waals surface area contributed by atoms with Crippen LogP contribution in [-0.4, -0.2) is 29.3 Å². The molecular formula is C15H27NO. The summed E-state index contributed by atoms with van der Waals surface area (Å²) < 4.78 is 0. The highest BCUT2D eigenvalue weighted by Crippen LogP contribution is 2.33. The fraction of sp³-hybridized carbons (Fsp3) is 0.933. The molecule has 1 saturated carbocycles. The van der Waals surface area contributed by atoms with E-state index >= 15 is 0 Å². The van der Waals surface area contributed by atoms with Gasteiger partial charge in [-0.1, -0.05) is 19.8 Å². The molecule has 98 valence electrons. The zero-order valence-electron chi connectivity index (χ0n) is 11.5. The summed E-state index contributed by atoms with van der Waals surface area (Å²) in [5, 5.41) is 0. The molecule has 0 aromatic rings. The summed E-state index contributed by atoms with van der Waals surface area (Å²) in [5.74, 6) is 0.912. The van der Waals surface area contributed by atoms with Gasteiger partial charge < -0.3 is 0 Å². The van der Waals surface area contributed by atoms with E-state index in [2.05, 4.69) is 18.7 Å². The number of carbonyl (C=O) groups is 1. The minimum absolute atomic E-state index is 0.359. The average molecular weight is 237 g/mol. The molecule has 1 saturated heterocycles. The molecule has 3 atom stereocenters. The van der Waals surface area contributed by atoms with Crippen LogP contribution < -0.4 is 0 Å². The lowest BCUT2D eigenvalue weighted by Gasteiger charge is -2.44. The van der Waals surface area contributed by atoms with E-state index in [-0.39, 0.29) is 0 Å². The van der Waals surface area contributed by atoms with E-state index in [1.807, 2.05) is 0 Å². The van der Waals surface area contributed by atoms with Crippen molar-refractivity contribution in [3.63, 3.8) is 0 Å². The van der Waals surface area contributed by atoms with Crippen LogP contribution in [0.15, 0.2) is 0 Å². The summed E-state index contributed by atoms with van der Waals surface area (Å²) in [7, 11) is 0. The normalized spacial score (nSPS) is 33.6. The third kappa shape index (κ3) is 2.90. The molecule has 2 rings (SSSR count). The van der Waals surface area contributed by atoms with Crippen LogP contribution in [-0.2, 0) is 4.79 Å². The van der Waals surface area contributed by atoms with Crippen LogP contribution in [0.1, 0.15) is 65.2 Å². The first-order valence-corrected chi connectivity index (χ1v) is 7.52. The molecule has 3 unspecified atom stereocenters. The highest BCUT2D eigenvalue weighted by atomic mass is 16.1. The molecule has 1 aliphatic carbocycles. The molecule has 0 radical (unpaired) electrons. The van der Waals surface area contributed by atoms with Gasteiger partial charge in [-0.25, -0.2) is 0 Å². The Morgan fingerprint density at radius 2 is 2.00 bits per heavy atom. The summed E-state index contributed by atoms with van der Waals surface area (Å²) in [6.45, 7) is 5.80. The molecule has 17 heavy (non-hydrogen) atoms. The van der Waals surface area contributed by atoms with Crippen molar-refractivity contribution < 1.29 is 4.79 Å². The van der Waals surface area contributed by atoms with Gasteiger partial charge in [0.15, 0.2) is 0 Å². The van der Waals surface area contributed by atoms with Crippen molar-refractivity contribution in [2.45, 2.75) is 77.3 Å². The zero-order valence-corrected chi connectivity index (χ0v) is 11.5. The standard InChI is InChI=1S/C15H27NO/c1-3-12(2)16-11-7-6-9-14(16)13-8-4-5-10-15(13)17/h12-14H,3-11H2,1-2H3. The minimum Gasteiger partial charge on any atom is -0.299 e. The van der Waals surface area contributed by atoms with Gasteiger partial charge >= 0.3 is 0 Å². The van der Waals surface area contributed by atoms with Crippen LogP contribution in [0.25, 0.3) is 0 Å². The number of hydrogen-bond acceptors (Lipinski definition) is 2. The predicted octanol–water partition coefficient (Wildman–Crippen LogP) is 3.40. The molecule has 2 fully saturated rings. The Bertz CT molecular complexity index is 264. The fourth-order valence-electron chi connectivity index (χ4n) is 3.61. The van der Waals surface area contributed by atoms with Gasteiger partial charge in [0.05, 0.1) is 0 Å². The molecule has 0 aromatic carbocycles. The summed E-state index contributed by atoms with van der Waals surface area (Å²) in [4.78, 5) is 14.8. The topological polar surface area (TPSA) is 20.3 Å². The second-order valence-electron chi connectivity index (χ2n) is 5.88. The van der Waals surface area contributed by atoms with Crippen molar-refractivity contribution >= 4 is 5.78 Å². The van der Waals surface area contributed by atoms with E-state index in [1.54, 1.807) is 0 Å². The third-order valence-electron chi connectivity index (χ3n) is 4.82. The maximum atomic E-state index is 12.1. The number of ketones is 1. The molecule has 0 amide bonds. The molecule has 2 aliphatic rings. The molecule has 0 spiro atoms. The third-order valence-corrected chi connectivity index (χ3v) is 4.82. The lowest BCUT2D eigenvalue weighted by Crippen LogP contribution is -2.50. The van der Waals surface area contributed by atoms with E-state index in [9.17, 15) is 4.79 Å². The molecule has 1 heterocycles. The molecule has 1 aliphatic heterocycles. The minimum atomic E-state index is 0.359. The number of carbonyl (C=O) groups excluding carboxylic acids is 1. The van der Waals surface area contributed by atoms with Gasteiger partial charge in [0.25, 0.3) is 0 Å². The Balaban J connectivity index is 2.06. The van der Waals surface area contributed by atoms with Crippen molar-refractivity contribution in [3.8, 4) is 0 Å². The fourth-order valence-corrected chi connectivity index (χ4v) is 3.61. The Morgan fingerprint density at radius 3 is 2.71 bits per heavy atom. The van der Waals surface area contributed by atoms with Crippen LogP contribution in [0.5, 0.6) is 0 Å². The maximum absolute atomic E-state index is 12.1. The average Bonchev–Trinajstić information content (AvgIpc) is 2.38. The van der Waals surface area contributed by atoms with Crippen molar-refractivity contribution in [1.29, 1.82) is 0 Å². The molecule has 0 aromatic heterocycles. The van der Waals surface area contributed by atoms with Gasteiger partial charge in [-0.3, -0.25) is 9.69 Å². The van der Waals surface area contributed by atoms with E-state index < -0.39 is 0 Å². The Labute approximate surface area is 106 Å². The summed E-state index contributed by atoms with van der Waals surface area (Å²) in [5.41, 5.74) is 0. The number of hydrogen-bond donors (Lipinski definition) is 0. The molecular weight excluding hydrogens is 210 g/mol. The highest BCUT2D eigenvalue weighted by molar-refractivity contribution is 5.82. The molecule has 2 heteroatoms. The Morgan fingerprint density at radius 1 is 1.24 bits per heavy atom. The van der Waals surface area contributed by atoms with Gasteiger partial charge in [0.2, 0.25) is 0 Å². The maximum Gasteiger partial charge on any atom is 0.137 e. The van der Waals surface area contributed by atoms with Crippen LogP contribution in [0, 0.1) is 5.92 Å². The monoisotopic (exact) mass is 237 g/mol. The second-order valence-corrected chi connectivity index (χ2v) is 5.88. The van der Waals surface area contributed by atoms with Gasteiger partial charge in [-0.15, -0.1) is 0 Å². The lowest BCUT2D eigenvalue weighted by atomic mass is 9.78. The van der Waals surface area contributed by atoms with Gasteiger partial charge in [0, 0.05) is 24.4 Å². The first-order valence-electron chi connectivity index (χ1n) is 7.52. The Hall–Kier alpha value is -0.370. The van der Waals surface area contributed by atoms with Crippen LogP contribution in [0.3, 0.4) is 0 Å². The smallest absolute Gasteiger partial charge is 0.137 e. The molecule has 0 N–H and O–H groups in total. The van der Waals surface area contributed by atoms with Crippen molar-refractivity contribution in [2.75, 3.05) is 6.54 Å². The summed E-state index contributed by atoms with van der Waals surface area (Å²) in [6, 6.07) is 1.21. The van der Waals surface area contributed by atoms with E-state index in [0.717, 1.165) is 19.3 Å². The van der Waals surface area contributed by atoms with Crippen LogP contribution in [0.4, 0.5) is 0 Å². The predicted molar refractivity (Wildman–Crippen MR) is 71.1 cm³/mol. The lowest BCUT2D eigenvalue weighted by molar-refractivity contribution is -0.128. The zero-order chi connectivity index (χ0) is 12.3. The van der Waals surface area contributed by atoms with Crippen LogP contribution >= 0.6 is 0 Å². The Kier molecular flexibility index (Phi) is 4.61. The van der Waals surface area contributed by atoms with E-state index in [4.69, 9.17) is 0 Å². The number of nitrogens with zero attached hydrogens (tertiary/aromatic N) is 1. The van der Waals surface area contributed by atoms with Gasteiger partial charge in [-0.2, -0.15) is 0 Å². The largest absolute Gasteiger partial charge is 0.299 e. The van der Waals surface area contributed by atoms with Gasteiger partial charge in [-0.05, 0) is 45.6 Å².